The zero-order valence-corrected chi connectivity index (χ0v) is 11.9. The summed E-state index contributed by atoms with van der Waals surface area (Å²) in [6, 6.07) is 5.35. The number of benzene rings is 1. The Kier molecular flexibility index (Phi) is 5.76. The van der Waals surface area contributed by atoms with Crippen LogP contribution in [0, 0.1) is 5.82 Å². The topological polar surface area (TPSA) is 44.7 Å². The minimum absolute atomic E-state index is 0.0306. The van der Waals surface area contributed by atoms with E-state index in [1.54, 1.807) is 6.07 Å². The van der Waals surface area contributed by atoms with E-state index < -0.39 is 0 Å². The summed E-state index contributed by atoms with van der Waals surface area (Å²) in [5.41, 5.74) is 1.54. The van der Waals surface area contributed by atoms with Gasteiger partial charge in [-0.25, -0.2) is 4.39 Å². The molecule has 0 aromatic heterocycles. The van der Waals surface area contributed by atoms with E-state index in [0.29, 0.717) is 31.9 Å². The standard InChI is InChI=1S/C15H23FN2O2/c1-2-5-17-9-12-3-4-15(14(16)8-12)18-6-7-20-13(10-18)11-19/h3-4,8,13,17,19H,2,5-7,9-11H2,1H3. The number of morpholine rings is 1. The molecule has 112 valence electrons. The van der Waals surface area contributed by atoms with Gasteiger partial charge in [0.2, 0.25) is 0 Å². The van der Waals surface area contributed by atoms with Crippen molar-refractivity contribution in [2.75, 3.05) is 37.7 Å². The zero-order chi connectivity index (χ0) is 14.4. The fourth-order valence-corrected chi connectivity index (χ4v) is 2.37. The molecule has 0 saturated carbocycles. The largest absolute Gasteiger partial charge is 0.394 e. The van der Waals surface area contributed by atoms with Crippen molar-refractivity contribution in [3.8, 4) is 0 Å². The van der Waals surface area contributed by atoms with Gasteiger partial charge in [0.05, 0.1) is 25.0 Å². The Morgan fingerprint density at radius 1 is 1.50 bits per heavy atom. The van der Waals surface area contributed by atoms with Gasteiger partial charge < -0.3 is 20.1 Å². The van der Waals surface area contributed by atoms with Crippen LogP contribution in [-0.2, 0) is 11.3 Å². The predicted molar refractivity (Wildman–Crippen MR) is 77.4 cm³/mol. The molecule has 4 nitrogen and oxygen atoms in total. The summed E-state index contributed by atoms with van der Waals surface area (Å²) in [5.74, 6) is -0.209. The van der Waals surface area contributed by atoms with Crippen LogP contribution in [0.25, 0.3) is 0 Å². The highest BCUT2D eigenvalue weighted by atomic mass is 19.1. The van der Waals surface area contributed by atoms with Crippen LogP contribution in [0.2, 0.25) is 0 Å². The first-order valence-corrected chi connectivity index (χ1v) is 7.21. The van der Waals surface area contributed by atoms with Crippen molar-refractivity contribution in [3.05, 3.63) is 29.6 Å². The van der Waals surface area contributed by atoms with Gasteiger partial charge in [-0.1, -0.05) is 13.0 Å². The van der Waals surface area contributed by atoms with Crippen molar-refractivity contribution >= 4 is 5.69 Å². The summed E-state index contributed by atoms with van der Waals surface area (Å²) in [5, 5.41) is 12.4. The molecule has 5 heteroatoms. The maximum absolute atomic E-state index is 14.2. The minimum atomic E-state index is -0.228. The molecule has 2 N–H and O–H groups in total. The summed E-state index contributed by atoms with van der Waals surface area (Å²) in [4.78, 5) is 1.93. The van der Waals surface area contributed by atoms with Crippen molar-refractivity contribution in [1.29, 1.82) is 0 Å². The second-order valence-electron chi connectivity index (χ2n) is 5.08. The van der Waals surface area contributed by atoms with Gasteiger partial charge in [0.25, 0.3) is 0 Å². The predicted octanol–water partition coefficient (Wildman–Crippen LogP) is 1.52. The first-order valence-electron chi connectivity index (χ1n) is 7.21. The van der Waals surface area contributed by atoms with E-state index >= 15 is 0 Å². The monoisotopic (exact) mass is 282 g/mol. The smallest absolute Gasteiger partial charge is 0.146 e. The van der Waals surface area contributed by atoms with Gasteiger partial charge in [-0.2, -0.15) is 0 Å². The number of hydrogen-bond donors (Lipinski definition) is 2. The van der Waals surface area contributed by atoms with Crippen LogP contribution in [-0.4, -0.2) is 44.1 Å². The van der Waals surface area contributed by atoms with Crippen molar-refractivity contribution in [2.24, 2.45) is 0 Å². The van der Waals surface area contributed by atoms with E-state index in [4.69, 9.17) is 9.84 Å². The van der Waals surface area contributed by atoms with E-state index in [1.807, 2.05) is 17.0 Å². The highest BCUT2D eigenvalue weighted by Gasteiger charge is 2.21. The zero-order valence-electron chi connectivity index (χ0n) is 11.9. The number of rotatable bonds is 6. The SMILES string of the molecule is CCCNCc1ccc(N2CCOC(CO)C2)c(F)c1. The summed E-state index contributed by atoms with van der Waals surface area (Å²) in [6.07, 6.45) is 0.839. The summed E-state index contributed by atoms with van der Waals surface area (Å²) in [7, 11) is 0. The Balaban J connectivity index is 2.01. The maximum atomic E-state index is 14.2. The molecule has 1 heterocycles. The Labute approximate surface area is 119 Å². The molecule has 0 bridgehead atoms. The molecule has 0 aliphatic carbocycles. The average Bonchev–Trinajstić information content (AvgIpc) is 2.48. The average molecular weight is 282 g/mol. The molecule has 1 aliphatic rings. The van der Waals surface area contributed by atoms with Crippen molar-refractivity contribution < 1.29 is 14.2 Å². The van der Waals surface area contributed by atoms with Crippen LogP contribution < -0.4 is 10.2 Å². The van der Waals surface area contributed by atoms with E-state index in [9.17, 15) is 4.39 Å². The Hall–Kier alpha value is -1.17. The number of aliphatic hydroxyl groups is 1. The number of ether oxygens (including phenoxy) is 1. The Bertz CT molecular complexity index is 428. The lowest BCUT2D eigenvalue weighted by Gasteiger charge is -2.34. The van der Waals surface area contributed by atoms with Crippen molar-refractivity contribution in [1.82, 2.24) is 5.32 Å². The number of halogens is 1. The Morgan fingerprint density at radius 2 is 2.35 bits per heavy atom. The first kappa shape index (κ1) is 15.2. The lowest BCUT2D eigenvalue weighted by Crippen LogP contribution is -2.44. The van der Waals surface area contributed by atoms with Crippen LogP contribution in [0.4, 0.5) is 10.1 Å². The molecule has 1 fully saturated rings. The second-order valence-corrected chi connectivity index (χ2v) is 5.08. The number of aliphatic hydroxyl groups excluding tert-OH is 1. The van der Waals surface area contributed by atoms with Gasteiger partial charge in [-0.05, 0) is 30.7 Å². The number of nitrogens with one attached hydrogen (secondary N) is 1. The molecule has 1 unspecified atom stereocenters. The van der Waals surface area contributed by atoms with Gasteiger partial charge >= 0.3 is 0 Å². The molecule has 20 heavy (non-hydrogen) atoms. The number of hydrogen-bond acceptors (Lipinski definition) is 4. The van der Waals surface area contributed by atoms with Crippen LogP contribution in [0.15, 0.2) is 18.2 Å². The van der Waals surface area contributed by atoms with Crippen LogP contribution >= 0.6 is 0 Å². The fourth-order valence-electron chi connectivity index (χ4n) is 2.37. The number of anilines is 1. The van der Waals surface area contributed by atoms with Gasteiger partial charge in [0.1, 0.15) is 5.82 Å². The molecule has 1 aromatic rings. The third kappa shape index (κ3) is 3.91. The Morgan fingerprint density at radius 3 is 3.05 bits per heavy atom. The van der Waals surface area contributed by atoms with E-state index in [-0.39, 0.29) is 18.5 Å². The molecular formula is C15H23FN2O2. The molecule has 0 amide bonds. The third-order valence-corrected chi connectivity index (χ3v) is 3.45. The van der Waals surface area contributed by atoms with Gasteiger partial charge in [0.15, 0.2) is 0 Å². The van der Waals surface area contributed by atoms with Crippen LogP contribution in [0.5, 0.6) is 0 Å². The van der Waals surface area contributed by atoms with Crippen molar-refractivity contribution in [3.63, 3.8) is 0 Å². The van der Waals surface area contributed by atoms with Crippen LogP contribution in [0.1, 0.15) is 18.9 Å². The maximum Gasteiger partial charge on any atom is 0.146 e. The highest BCUT2D eigenvalue weighted by molar-refractivity contribution is 5.49. The van der Waals surface area contributed by atoms with Crippen LogP contribution in [0.3, 0.4) is 0 Å². The van der Waals surface area contributed by atoms with Gasteiger partial charge in [0, 0.05) is 19.6 Å². The highest BCUT2D eigenvalue weighted by Crippen LogP contribution is 2.22. The second kappa shape index (κ2) is 7.57. The number of nitrogens with zero attached hydrogens (tertiary/aromatic N) is 1. The normalized spacial score (nSPS) is 19.4. The molecule has 0 spiro atoms. The molecule has 0 radical (unpaired) electrons. The molecular weight excluding hydrogens is 259 g/mol. The van der Waals surface area contributed by atoms with Gasteiger partial charge in [-0.3, -0.25) is 0 Å². The molecule has 2 rings (SSSR count). The lowest BCUT2D eigenvalue weighted by molar-refractivity contribution is 0.00341. The molecule has 1 aromatic carbocycles. The first-order chi connectivity index (χ1) is 9.74. The lowest BCUT2D eigenvalue weighted by atomic mass is 10.1. The molecule has 1 atom stereocenters. The quantitative estimate of drug-likeness (QED) is 0.777. The summed E-state index contributed by atoms with van der Waals surface area (Å²) >= 11 is 0. The summed E-state index contributed by atoms with van der Waals surface area (Å²) in [6.45, 7) is 5.40. The third-order valence-electron chi connectivity index (χ3n) is 3.45. The molecule has 1 aliphatic heterocycles. The minimum Gasteiger partial charge on any atom is -0.394 e. The molecule has 1 saturated heterocycles. The van der Waals surface area contributed by atoms with E-state index in [0.717, 1.165) is 18.5 Å². The fraction of sp³-hybridized carbons (Fsp3) is 0.600. The van der Waals surface area contributed by atoms with Crippen molar-refractivity contribution in [2.45, 2.75) is 26.0 Å². The van der Waals surface area contributed by atoms with E-state index in [2.05, 4.69) is 12.2 Å². The summed E-state index contributed by atoms with van der Waals surface area (Å²) < 4.78 is 19.6. The van der Waals surface area contributed by atoms with Gasteiger partial charge in [-0.15, -0.1) is 0 Å². The van der Waals surface area contributed by atoms with E-state index in [1.165, 1.54) is 0 Å².